The molecule has 0 saturated carbocycles. The number of nitrogens with zero attached hydrogens (tertiary/aromatic N) is 2. The van der Waals surface area contributed by atoms with E-state index in [1.54, 1.807) is 6.20 Å². The van der Waals surface area contributed by atoms with Crippen molar-refractivity contribution >= 4 is 16.8 Å². The van der Waals surface area contributed by atoms with E-state index in [-0.39, 0.29) is 11.8 Å². The first kappa shape index (κ1) is 15.2. The van der Waals surface area contributed by atoms with E-state index >= 15 is 0 Å². The van der Waals surface area contributed by atoms with Crippen molar-refractivity contribution in [2.24, 2.45) is 0 Å². The van der Waals surface area contributed by atoms with Gasteiger partial charge in [-0.25, -0.2) is 0 Å². The molecule has 23 heavy (non-hydrogen) atoms. The minimum atomic E-state index is -0.101. The molecule has 4 heteroatoms. The lowest BCUT2D eigenvalue weighted by atomic mass is 10.0. The Labute approximate surface area is 135 Å². The van der Waals surface area contributed by atoms with Gasteiger partial charge in [0.15, 0.2) is 0 Å². The Morgan fingerprint density at radius 2 is 1.91 bits per heavy atom. The molecule has 0 aliphatic heterocycles. The molecule has 3 rings (SSSR count). The molecular formula is C19H19N3O. The van der Waals surface area contributed by atoms with Crippen LogP contribution in [0.5, 0.6) is 0 Å². The third kappa shape index (κ3) is 3.37. The maximum absolute atomic E-state index is 12.6. The first-order valence-corrected chi connectivity index (χ1v) is 7.73. The second-order valence-electron chi connectivity index (χ2n) is 5.77. The van der Waals surface area contributed by atoms with Gasteiger partial charge in [-0.15, -0.1) is 0 Å². The van der Waals surface area contributed by atoms with Crippen LogP contribution in [0.25, 0.3) is 10.9 Å². The highest BCUT2D eigenvalue weighted by Crippen LogP contribution is 2.22. The van der Waals surface area contributed by atoms with Gasteiger partial charge in [0.2, 0.25) is 0 Å². The third-order valence-electron chi connectivity index (χ3n) is 3.73. The minimum Gasteiger partial charge on any atom is -0.346 e. The van der Waals surface area contributed by atoms with Gasteiger partial charge in [-0.1, -0.05) is 38.1 Å². The molecule has 3 aromatic rings. The van der Waals surface area contributed by atoms with Crippen molar-refractivity contribution in [2.75, 3.05) is 0 Å². The van der Waals surface area contributed by atoms with E-state index in [0.29, 0.717) is 12.1 Å². The number of rotatable bonds is 4. The van der Waals surface area contributed by atoms with Gasteiger partial charge in [-0.3, -0.25) is 14.8 Å². The van der Waals surface area contributed by atoms with Crippen LogP contribution in [0.4, 0.5) is 0 Å². The predicted octanol–water partition coefficient (Wildman–Crippen LogP) is 3.68. The summed E-state index contributed by atoms with van der Waals surface area (Å²) in [6, 6.07) is 15.3. The Morgan fingerprint density at radius 3 is 2.65 bits per heavy atom. The van der Waals surface area contributed by atoms with Crippen LogP contribution in [0.3, 0.4) is 0 Å². The van der Waals surface area contributed by atoms with Crippen LogP contribution >= 0.6 is 0 Å². The first-order valence-electron chi connectivity index (χ1n) is 7.73. The molecule has 2 aromatic heterocycles. The summed E-state index contributed by atoms with van der Waals surface area (Å²) in [5.74, 6) is 0.165. The van der Waals surface area contributed by atoms with Gasteiger partial charge < -0.3 is 5.32 Å². The van der Waals surface area contributed by atoms with Crippen molar-refractivity contribution in [3.05, 3.63) is 71.7 Å². The molecule has 0 aliphatic carbocycles. The van der Waals surface area contributed by atoms with Crippen LogP contribution in [0.2, 0.25) is 0 Å². The van der Waals surface area contributed by atoms with Crippen LogP contribution < -0.4 is 5.32 Å². The van der Waals surface area contributed by atoms with Gasteiger partial charge in [0, 0.05) is 17.3 Å². The summed E-state index contributed by atoms with van der Waals surface area (Å²) in [4.78, 5) is 21.5. The molecule has 2 heterocycles. The van der Waals surface area contributed by atoms with E-state index in [9.17, 15) is 4.79 Å². The maximum atomic E-state index is 12.6. The number of para-hydroxylation sites is 1. The van der Waals surface area contributed by atoms with E-state index in [4.69, 9.17) is 0 Å². The summed E-state index contributed by atoms with van der Waals surface area (Å²) in [6.07, 6.45) is 1.72. The molecule has 0 aliphatic rings. The second kappa shape index (κ2) is 6.57. The molecule has 0 saturated heterocycles. The monoisotopic (exact) mass is 305 g/mol. The summed E-state index contributed by atoms with van der Waals surface area (Å²) in [6.45, 7) is 4.56. The highest BCUT2D eigenvalue weighted by Gasteiger charge is 2.14. The van der Waals surface area contributed by atoms with Crippen molar-refractivity contribution in [1.82, 2.24) is 15.3 Å². The molecular weight excluding hydrogens is 286 g/mol. The number of carbonyl (C=O) groups is 1. The second-order valence-corrected chi connectivity index (χ2v) is 5.77. The van der Waals surface area contributed by atoms with E-state index in [1.165, 1.54) is 0 Å². The fourth-order valence-electron chi connectivity index (χ4n) is 2.45. The topological polar surface area (TPSA) is 54.9 Å². The zero-order chi connectivity index (χ0) is 16.2. The maximum Gasteiger partial charge on any atom is 0.252 e. The lowest BCUT2D eigenvalue weighted by molar-refractivity contribution is 0.0952. The predicted molar refractivity (Wildman–Crippen MR) is 91.2 cm³/mol. The molecule has 116 valence electrons. The number of amides is 1. The Kier molecular flexibility index (Phi) is 4.33. The molecule has 1 aromatic carbocycles. The first-order chi connectivity index (χ1) is 11.1. The Balaban J connectivity index is 1.92. The van der Waals surface area contributed by atoms with Crippen LogP contribution in [0.1, 0.15) is 41.5 Å². The SMILES string of the molecule is CC(C)c1cc(C(=O)NCc2ccccn2)c2ccccc2n1. The lowest BCUT2D eigenvalue weighted by Crippen LogP contribution is -2.24. The van der Waals surface area contributed by atoms with Crippen LogP contribution in [0, 0.1) is 0 Å². The lowest BCUT2D eigenvalue weighted by Gasteiger charge is -2.12. The number of nitrogens with one attached hydrogen (secondary N) is 1. The highest BCUT2D eigenvalue weighted by atomic mass is 16.1. The fraction of sp³-hybridized carbons (Fsp3) is 0.211. The molecule has 0 radical (unpaired) electrons. The number of carbonyl (C=O) groups excluding carboxylic acids is 1. The third-order valence-corrected chi connectivity index (χ3v) is 3.73. The quantitative estimate of drug-likeness (QED) is 0.800. The fourth-order valence-corrected chi connectivity index (χ4v) is 2.45. The number of hydrogen-bond acceptors (Lipinski definition) is 3. The normalized spacial score (nSPS) is 10.9. The van der Waals surface area contributed by atoms with E-state index in [0.717, 1.165) is 22.3 Å². The average molecular weight is 305 g/mol. The van der Waals surface area contributed by atoms with Crippen molar-refractivity contribution in [3.63, 3.8) is 0 Å². The summed E-state index contributed by atoms with van der Waals surface area (Å²) in [5.41, 5.74) is 3.27. The van der Waals surface area contributed by atoms with Crippen LogP contribution in [-0.4, -0.2) is 15.9 Å². The van der Waals surface area contributed by atoms with Gasteiger partial charge in [0.25, 0.3) is 5.91 Å². The number of pyridine rings is 2. The van der Waals surface area contributed by atoms with Crippen LogP contribution in [-0.2, 0) is 6.54 Å². The molecule has 1 N–H and O–H groups in total. The number of hydrogen-bond donors (Lipinski definition) is 1. The minimum absolute atomic E-state index is 0.101. The van der Waals surface area contributed by atoms with E-state index < -0.39 is 0 Å². The molecule has 4 nitrogen and oxygen atoms in total. The smallest absolute Gasteiger partial charge is 0.252 e. The number of fused-ring (bicyclic) bond motifs is 1. The van der Waals surface area contributed by atoms with Gasteiger partial charge in [-0.05, 0) is 30.2 Å². The van der Waals surface area contributed by atoms with E-state index in [1.807, 2.05) is 48.5 Å². The van der Waals surface area contributed by atoms with Crippen molar-refractivity contribution in [1.29, 1.82) is 0 Å². The summed E-state index contributed by atoms with van der Waals surface area (Å²) in [5, 5.41) is 3.82. The van der Waals surface area contributed by atoms with Crippen molar-refractivity contribution < 1.29 is 4.79 Å². The van der Waals surface area contributed by atoms with Gasteiger partial charge in [-0.2, -0.15) is 0 Å². The standard InChI is InChI=1S/C19H19N3O/c1-13(2)18-11-16(15-8-3-4-9-17(15)22-18)19(23)21-12-14-7-5-6-10-20-14/h3-11,13H,12H2,1-2H3,(H,21,23). The van der Waals surface area contributed by atoms with Gasteiger partial charge in [0.1, 0.15) is 0 Å². The van der Waals surface area contributed by atoms with E-state index in [2.05, 4.69) is 29.1 Å². The number of benzene rings is 1. The average Bonchev–Trinajstić information content (AvgIpc) is 2.59. The van der Waals surface area contributed by atoms with Crippen molar-refractivity contribution in [3.8, 4) is 0 Å². The Hall–Kier alpha value is -2.75. The molecule has 0 unspecified atom stereocenters. The molecule has 0 spiro atoms. The van der Waals surface area contributed by atoms with Crippen LogP contribution in [0.15, 0.2) is 54.7 Å². The number of aromatic nitrogens is 2. The molecule has 0 atom stereocenters. The molecule has 1 amide bonds. The van der Waals surface area contributed by atoms with Crippen molar-refractivity contribution in [2.45, 2.75) is 26.3 Å². The Bertz CT molecular complexity index is 828. The van der Waals surface area contributed by atoms with Gasteiger partial charge in [0.05, 0.1) is 23.3 Å². The summed E-state index contributed by atoms with van der Waals surface area (Å²) >= 11 is 0. The Morgan fingerprint density at radius 1 is 1.13 bits per heavy atom. The molecule has 0 fully saturated rings. The highest BCUT2D eigenvalue weighted by molar-refractivity contribution is 6.06. The summed E-state index contributed by atoms with van der Waals surface area (Å²) in [7, 11) is 0. The molecule has 0 bridgehead atoms. The zero-order valence-electron chi connectivity index (χ0n) is 13.3. The zero-order valence-corrected chi connectivity index (χ0v) is 13.3. The largest absolute Gasteiger partial charge is 0.346 e. The van der Waals surface area contributed by atoms with Gasteiger partial charge >= 0.3 is 0 Å². The summed E-state index contributed by atoms with van der Waals surface area (Å²) < 4.78 is 0.